The Bertz CT molecular complexity index is 1210. The molecule has 0 atom stereocenters. The molecule has 0 aliphatic carbocycles. The lowest BCUT2D eigenvalue weighted by atomic mass is 10.2. The maximum Gasteiger partial charge on any atom is 0.262 e. The highest BCUT2D eigenvalue weighted by Gasteiger charge is 2.22. The van der Waals surface area contributed by atoms with Crippen LogP contribution < -0.4 is 15.0 Å². The zero-order valence-corrected chi connectivity index (χ0v) is 19.7. The molecule has 2 amide bonds. The van der Waals surface area contributed by atoms with Crippen molar-refractivity contribution in [1.82, 2.24) is 4.90 Å². The van der Waals surface area contributed by atoms with Gasteiger partial charge in [0.2, 0.25) is 5.91 Å². The number of carbonyl (C=O) groups excluding carboxylic acids is 2. The van der Waals surface area contributed by atoms with Gasteiger partial charge in [0.15, 0.2) is 18.2 Å². The van der Waals surface area contributed by atoms with Crippen molar-refractivity contribution in [3.05, 3.63) is 95.3 Å². The van der Waals surface area contributed by atoms with E-state index in [9.17, 15) is 14.0 Å². The molecule has 1 saturated heterocycles. The van der Waals surface area contributed by atoms with Crippen molar-refractivity contribution >= 4 is 40.9 Å². The number of anilines is 2. The van der Waals surface area contributed by atoms with Gasteiger partial charge in [-0.1, -0.05) is 54.1 Å². The predicted octanol–water partition coefficient (Wildman–Crippen LogP) is 4.86. The first kappa shape index (κ1) is 24.3. The first-order valence-electron chi connectivity index (χ1n) is 11.2. The zero-order valence-electron chi connectivity index (χ0n) is 19.0. The van der Waals surface area contributed by atoms with E-state index < -0.39 is 11.7 Å². The summed E-state index contributed by atoms with van der Waals surface area (Å²) in [5.41, 5.74) is 2.30. The molecule has 3 aromatic rings. The van der Waals surface area contributed by atoms with E-state index in [1.165, 1.54) is 12.1 Å². The molecule has 1 fully saturated rings. The molecule has 0 saturated carbocycles. The van der Waals surface area contributed by atoms with Crippen LogP contribution in [0.3, 0.4) is 0 Å². The summed E-state index contributed by atoms with van der Waals surface area (Å²) in [5.74, 6) is -0.995. The molecular formula is C27H25ClFN3O3. The van der Waals surface area contributed by atoms with Crippen LogP contribution in [-0.2, 0) is 9.59 Å². The zero-order chi connectivity index (χ0) is 24.6. The largest absolute Gasteiger partial charge is 0.481 e. The van der Waals surface area contributed by atoms with Crippen LogP contribution in [0.2, 0.25) is 5.02 Å². The van der Waals surface area contributed by atoms with Crippen LogP contribution in [0, 0.1) is 5.82 Å². The quantitative estimate of drug-likeness (QED) is 0.477. The number of para-hydroxylation sites is 1. The summed E-state index contributed by atoms with van der Waals surface area (Å²) in [6, 6.07) is 20.8. The summed E-state index contributed by atoms with van der Waals surface area (Å²) in [6.45, 7) is 1.94. The summed E-state index contributed by atoms with van der Waals surface area (Å²) in [5, 5.41) is 3.28. The molecule has 35 heavy (non-hydrogen) atoms. The van der Waals surface area contributed by atoms with E-state index in [1.54, 1.807) is 35.2 Å². The number of piperazine rings is 1. The fourth-order valence-corrected chi connectivity index (χ4v) is 3.95. The average molecular weight is 494 g/mol. The van der Waals surface area contributed by atoms with Crippen LogP contribution in [0.25, 0.3) is 6.08 Å². The maximum atomic E-state index is 13.7. The summed E-state index contributed by atoms with van der Waals surface area (Å²) in [6.07, 6.45) is 3.40. The van der Waals surface area contributed by atoms with E-state index >= 15 is 0 Å². The van der Waals surface area contributed by atoms with Gasteiger partial charge in [0.1, 0.15) is 0 Å². The molecule has 180 valence electrons. The number of carbonyl (C=O) groups is 2. The smallest absolute Gasteiger partial charge is 0.262 e. The lowest BCUT2D eigenvalue weighted by Crippen LogP contribution is -2.48. The van der Waals surface area contributed by atoms with E-state index in [4.69, 9.17) is 16.3 Å². The molecule has 8 heteroatoms. The molecule has 1 N–H and O–H groups in total. The van der Waals surface area contributed by atoms with Crippen molar-refractivity contribution in [2.75, 3.05) is 43.0 Å². The standard InChI is InChI=1S/C27H25ClFN3O3/c28-21-11-12-24(23(18-21)30-26(33)19-35-25-9-5-4-8-22(25)29)31-14-16-32(17-15-31)27(34)13-10-20-6-2-1-3-7-20/h1-13,18H,14-17,19H2,(H,30,33)/b13-10+. The van der Waals surface area contributed by atoms with Crippen molar-refractivity contribution < 1.29 is 18.7 Å². The minimum atomic E-state index is -0.533. The Hall–Kier alpha value is -3.84. The van der Waals surface area contributed by atoms with Gasteiger partial charge >= 0.3 is 0 Å². The number of nitrogens with zero attached hydrogens (tertiary/aromatic N) is 2. The molecule has 0 radical (unpaired) electrons. The van der Waals surface area contributed by atoms with Crippen LogP contribution in [0.1, 0.15) is 5.56 Å². The summed E-state index contributed by atoms with van der Waals surface area (Å²) in [4.78, 5) is 29.0. The van der Waals surface area contributed by atoms with Gasteiger partial charge in [-0.05, 0) is 42.0 Å². The Labute approximate surface area is 208 Å². The highest BCUT2D eigenvalue weighted by molar-refractivity contribution is 6.31. The molecule has 1 aliphatic heterocycles. The normalized spacial score (nSPS) is 13.7. The molecule has 3 aromatic carbocycles. The van der Waals surface area contributed by atoms with E-state index in [0.717, 1.165) is 11.3 Å². The first-order valence-corrected chi connectivity index (χ1v) is 11.6. The number of nitrogens with one attached hydrogen (secondary N) is 1. The molecule has 1 aliphatic rings. The molecule has 4 rings (SSSR count). The Balaban J connectivity index is 1.35. The van der Waals surface area contributed by atoms with Crippen LogP contribution in [0.5, 0.6) is 5.75 Å². The van der Waals surface area contributed by atoms with Gasteiger partial charge in [-0.25, -0.2) is 4.39 Å². The molecular weight excluding hydrogens is 469 g/mol. The van der Waals surface area contributed by atoms with Crippen LogP contribution in [0.15, 0.2) is 78.9 Å². The fourth-order valence-electron chi connectivity index (χ4n) is 3.78. The number of amides is 2. The first-order chi connectivity index (χ1) is 17.0. The van der Waals surface area contributed by atoms with Gasteiger partial charge < -0.3 is 19.9 Å². The third-order valence-corrected chi connectivity index (χ3v) is 5.81. The SMILES string of the molecule is O=C(COc1ccccc1F)Nc1cc(Cl)ccc1N1CCN(C(=O)/C=C/c2ccccc2)CC1. The van der Waals surface area contributed by atoms with Gasteiger partial charge in [0.05, 0.1) is 11.4 Å². The fraction of sp³-hybridized carbons (Fsp3) is 0.185. The lowest BCUT2D eigenvalue weighted by molar-refractivity contribution is -0.126. The second-order valence-corrected chi connectivity index (χ2v) is 8.42. The number of halogens is 2. The number of hydrogen-bond donors (Lipinski definition) is 1. The third-order valence-electron chi connectivity index (χ3n) is 5.58. The maximum absolute atomic E-state index is 13.7. The number of rotatable bonds is 7. The second-order valence-electron chi connectivity index (χ2n) is 7.99. The van der Waals surface area contributed by atoms with Crippen molar-refractivity contribution in [1.29, 1.82) is 0 Å². The van der Waals surface area contributed by atoms with Gasteiger partial charge in [0, 0.05) is 37.3 Å². The molecule has 0 spiro atoms. The van der Waals surface area contributed by atoms with Gasteiger partial charge in [-0.2, -0.15) is 0 Å². The number of ether oxygens (including phenoxy) is 1. The monoisotopic (exact) mass is 493 g/mol. The molecule has 1 heterocycles. The third kappa shape index (κ3) is 6.61. The van der Waals surface area contributed by atoms with E-state index in [1.807, 2.05) is 42.5 Å². The van der Waals surface area contributed by atoms with Crippen molar-refractivity contribution in [2.45, 2.75) is 0 Å². The minimum absolute atomic E-state index is 0.0103. The highest BCUT2D eigenvalue weighted by atomic mass is 35.5. The topological polar surface area (TPSA) is 61.9 Å². The predicted molar refractivity (Wildman–Crippen MR) is 136 cm³/mol. The van der Waals surface area contributed by atoms with E-state index in [0.29, 0.717) is 36.9 Å². The molecule has 0 aromatic heterocycles. The van der Waals surface area contributed by atoms with Crippen LogP contribution in [-0.4, -0.2) is 49.5 Å². The number of hydrogen-bond acceptors (Lipinski definition) is 4. The van der Waals surface area contributed by atoms with E-state index in [-0.39, 0.29) is 18.3 Å². The van der Waals surface area contributed by atoms with E-state index in [2.05, 4.69) is 10.2 Å². The molecule has 6 nitrogen and oxygen atoms in total. The van der Waals surface area contributed by atoms with Crippen molar-refractivity contribution in [2.24, 2.45) is 0 Å². The summed E-state index contributed by atoms with van der Waals surface area (Å²) >= 11 is 6.17. The minimum Gasteiger partial charge on any atom is -0.481 e. The van der Waals surface area contributed by atoms with Crippen LogP contribution in [0.4, 0.5) is 15.8 Å². The van der Waals surface area contributed by atoms with Crippen LogP contribution >= 0.6 is 11.6 Å². The summed E-state index contributed by atoms with van der Waals surface area (Å²) in [7, 11) is 0. The van der Waals surface area contributed by atoms with Gasteiger partial charge in [-0.3, -0.25) is 9.59 Å². The Kier molecular flexibility index (Phi) is 8.00. The van der Waals surface area contributed by atoms with Gasteiger partial charge in [0.25, 0.3) is 5.91 Å². The Morgan fingerprint density at radius 1 is 0.971 bits per heavy atom. The number of benzene rings is 3. The molecule has 0 unspecified atom stereocenters. The Morgan fingerprint density at radius 3 is 2.43 bits per heavy atom. The lowest BCUT2D eigenvalue weighted by Gasteiger charge is -2.36. The van der Waals surface area contributed by atoms with Crippen molar-refractivity contribution in [3.8, 4) is 5.75 Å². The molecule has 0 bridgehead atoms. The summed E-state index contributed by atoms with van der Waals surface area (Å²) < 4.78 is 19.0. The van der Waals surface area contributed by atoms with Gasteiger partial charge in [-0.15, -0.1) is 0 Å². The highest BCUT2D eigenvalue weighted by Crippen LogP contribution is 2.30. The van der Waals surface area contributed by atoms with Crippen molar-refractivity contribution in [3.63, 3.8) is 0 Å². The average Bonchev–Trinajstić information content (AvgIpc) is 2.88. The second kappa shape index (κ2) is 11.5. The Morgan fingerprint density at radius 2 is 1.69 bits per heavy atom.